The number of aryl methyl sites for hydroxylation is 1. The summed E-state index contributed by atoms with van der Waals surface area (Å²) in [6.07, 6.45) is 0. The summed E-state index contributed by atoms with van der Waals surface area (Å²) in [5.74, 6) is -0.593. The molecule has 158 valence electrons. The Balaban J connectivity index is 1.56. The van der Waals surface area contributed by atoms with Crippen LogP contribution in [0.25, 0.3) is 0 Å². The first kappa shape index (κ1) is 21.6. The van der Waals surface area contributed by atoms with Crippen molar-refractivity contribution in [3.8, 4) is 5.75 Å². The Hall–Kier alpha value is -4.13. The summed E-state index contributed by atoms with van der Waals surface area (Å²) in [7, 11) is 0. The van der Waals surface area contributed by atoms with Crippen molar-refractivity contribution in [2.75, 3.05) is 11.9 Å². The Morgan fingerprint density at radius 3 is 2.13 bits per heavy atom. The van der Waals surface area contributed by atoms with E-state index < -0.39 is 11.8 Å². The van der Waals surface area contributed by atoms with Gasteiger partial charge in [0.05, 0.1) is 6.61 Å². The number of carbonyl (C=O) groups excluding carboxylic acids is 3. The fraction of sp³-hybridized carbons (Fsp3) is 0.125. The molecule has 0 unspecified atom stereocenters. The topological polar surface area (TPSA) is 96.5 Å². The lowest BCUT2D eigenvalue weighted by Crippen LogP contribution is -2.41. The molecule has 3 aromatic rings. The third kappa shape index (κ3) is 5.70. The highest BCUT2D eigenvalue weighted by Gasteiger charge is 2.12. The number of ether oxygens (including phenoxy) is 1. The molecule has 0 atom stereocenters. The molecule has 0 aliphatic heterocycles. The van der Waals surface area contributed by atoms with Crippen LogP contribution in [0.5, 0.6) is 5.75 Å². The van der Waals surface area contributed by atoms with Gasteiger partial charge in [0.25, 0.3) is 17.7 Å². The van der Waals surface area contributed by atoms with Gasteiger partial charge in [0.2, 0.25) is 0 Å². The second-order valence-electron chi connectivity index (χ2n) is 6.72. The van der Waals surface area contributed by atoms with E-state index in [1.807, 2.05) is 26.0 Å². The van der Waals surface area contributed by atoms with Crippen molar-refractivity contribution >= 4 is 23.4 Å². The van der Waals surface area contributed by atoms with Gasteiger partial charge in [-0.15, -0.1) is 0 Å². The highest BCUT2D eigenvalue weighted by Crippen LogP contribution is 2.14. The normalized spacial score (nSPS) is 10.1. The van der Waals surface area contributed by atoms with E-state index in [2.05, 4.69) is 16.2 Å². The van der Waals surface area contributed by atoms with Crippen molar-refractivity contribution in [2.45, 2.75) is 13.8 Å². The summed E-state index contributed by atoms with van der Waals surface area (Å²) in [5, 5.41) is 2.80. The fourth-order valence-electron chi connectivity index (χ4n) is 2.88. The number of nitrogens with one attached hydrogen (secondary N) is 3. The van der Waals surface area contributed by atoms with E-state index in [9.17, 15) is 14.4 Å². The first-order valence-corrected chi connectivity index (χ1v) is 9.78. The maximum atomic E-state index is 12.4. The average molecular weight is 417 g/mol. The summed E-state index contributed by atoms with van der Waals surface area (Å²) in [6, 6.07) is 20.3. The van der Waals surface area contributed by atoms with E-state index in [0.29, 0.717) is 34.7 Å². The molecular weight excluding hydrogens is 394 g/mol. The van der Waals surface area contributed by atoms with Crippen LogP contribution < -0.4 is 20.9 Å². The van der Waals surface area contributed by atoms with Gasteiger partial charge < -0.3 is 10.1 Å². The van der Waals surface area contributed by atoms with Crippen molar-refractivity contribution < 1.29 is 19.1 Å². The van der Waals surface area contributed by atoms with Crippen molar-refractivity contribution in [2.24, 2.45) is 0 Å². The number of hydrogen-bond donors (Lipinski definition) is 3. The second-order valence-corrected chi connectivity index (χ2v) is 6.72. The van der Waals surface area contributed by atoms with Gasteiger partial charge in [-0.3, -0.25) is 25.2 Å². The third-order valence-electron chi connectivity index (χ3n) is 4.49. The van der Waals surface area contributed by atoms with Gasteiger partial charge in [0.15, 0.2) is 0 Å². The van der Waals surface area contributed by atoms with E-state index in [1.165, 1.54) is 0 Å². The number of benzene rings is 3. The summed E-state index contributed by atoms with van der Waals surface area (Å²) >= 11 is 0. The highest BCUT2D eigenvalue weighted by atomic mass is 16.5. The summed E-state index contributed by atoms with van der Waals surface area (Å²) in [6.45, 7) is 4.21. The molecule has 0 saturated heterocycles. The molecule has 0 aromatic heterocycles. The van der Waals surface area contributed by atoms with E-state index in [4.69, 9.17) is 4.74 Å². The monoisotopic (exact) mass is 417 g/mol. The highest BCUT2D eigenvalue weighted by molar-refractivity contribution is 6.05. The van der Waals surface area contributed by atoms with E-state index in [1.54, 1.807) is 60.7 Å². The maximum Gasteiger partial charge on any atom is 0.269 e. The van der Waals surface area contributed by atoms with E-state index in [0.717, 1.165) is 5.56 Å². The Morgan fingerprint density at radius 1 is 0.774 bits per heavy atom. The lowest BCUT2D eigenvalue weighted by molar-refractivity contribution is 0.0846. The number of rotatable bonds is 6. The van der Waals surface area contributed by atoms with Crippen LogP contribution in [-0.4, -0.2) is 24.3 Å². The third-order valence-corrected chi connectivity index (χ3v) is 4.49. The molecular formula is C24H23N3O4. The number of carbonyl (C=O) groups is 3. The van der Waals surface area contributed by atoms with Crippen LogP contribution in [0.15, 0.2) is 72.8 Å². The molecule has 3 rings (SSSR count). The number of hydrogen-bond acceptors (Lipinski definition) is 4. The Morgan fingerprint density at radius 2 is 1.45 bits per heavy atom. The predicted molar refractivity (Wildman–Crippen MR) is 118 cm³/mol. The van der Waals surface area contributed by atoms with Crippen molar-refractivity contribution in [3.05, 3.63) is 95.1 Å². The fourth-order valence-corrected chi connectivity index (χ4v) is 2.88. The molecule has 0 saturated carbocycles. The Kier molecular flexibility index (Phi) is 7.01. The van der Waals surface area contributed by atoms with Crippen molar-refractivity contribution in [3.63, 3.8) is 0 Å². The van der Waals surface area contributed by atoms with Crippen LogP contribution in [0.2, 0.25) is 0 Å². The molecule has 3 aromatic carbocycles. The summed E-state index contributed by atoms with van der Waals surface area (Å²) in [5.41, 5.74) is 7.46. The molecule has 0 radical (unpaired) electrons. The van der Waals surface area contributed by atoms with Crippen LogP contribution >= 0.6 is 0 Å². The zero-order chi connectivity index (χ0) is 22.2. The van der Waals surface area contributed by atoms with Crippen LogP contribution in [0, 0.1) is 6.92 Å². The summed E-state index contributed by atoms with van der Waals surface area (Å²) in [4.78, 5) is 36.9. The minimum Gasteiger partial charge on any atom is -0.494 e. The molecule has 7 nitrogen and oxygen atoms in total. The standard InChI is InChI=1S/C24H23N3O4/c1-3-31-20-9-6-8-18(15-20)23(29)27-26-22(28)17-11-13-19(14-12-17)25-24(30)21-10-5-4-7-16(21)2/h4-15H,3H2,1-2H3,(H,25,30)(H,26,28)(H,27,29). The second kappa shape index (κ2) is 10.1. The van der Waals surface area contributed by atoms with Gasteiger partial charge in [0, 0.05) is 22.4 Å². The van der Waals surface area contributed by atoms with Crippen LogP contribution in [0.3, 0.4) is 0 Å². The lowest BCUT2D eigenvalue weighted by atomic mass is 10.1. The van der Waals surface area contributed by atoms with Gasteiger partial charge in [-0.1, -0.05) is 24.3 Å². The molecule has 0 aliphatic carbocycles. The van der Waals surface area contributed by atoms with E-state index >= 15 is 0 Å². The van der Waals surface area contributed by atoms with Crippen LogP contribution in [0.1, 0.15) is 43.6 Å². The molecule has 0 bridgehead atoms. The minimum absolute atomic E-state index is 0.225. The first-order valence-electron chi connectivity index (χ1n) is 9.78. The largest absolute Gasteiger partial charge is 0.494 e. The smallest absolute Gasteiger partial charge is 0.269 e. The van der Waals surface area contributed by atoms with Gasteiger partial charge >= 0.3 is 0 Å². The van der Waals surface area contributed by atoms with Crippen LogP contribution in [0.4, 0.5) is 5.69 Å². The molecule has 0 aliphatic rings. The summed E-state index contributed by atoms with van der Waals surface area (Å²) < 4.78 is 5.37. The minimum atomic E-state index is -0.480. The molecule has 31 heavy (non-hydrogen) atoms. The van der Waals surface area contributed by atoms with Crippen LogP contribution in [-0.2, 0) is 0 Å². The first-order chi connectivity index (χ1) is 15.0. The Labute approximate surface area is 180 Å². The molecule has 7 heteroatoms. The molecule has 0 fully saturated rings. The van der Waals surface area contributed by atoms with Gasteiger partial charge in [-0.2, -0.15) is 0 Å². The van der Waals surface area contributed by atoms with E-state index in [-0.39, 0.29) is 5.91 Å². The van der Waals surface area contributed by atoms with Crippen molar-refractivity contribution in [1.82, 2.24) is 10.9 Å². The number of amides is 3. The van der Waals surface area contributed by atoms with Gasteiger partial charge in [0.1, 0.15) is 5.75 Å². The molecule has 0 heterocycles. The molecule has 3 N–H and O–H groups in total. The average Bonchev–Trinajstić information content (AvgIpc) is 2.78. The van der Waals surface area contributed by atoms with Crippen molar-refractivity contribution in [1.29, 1.82) is 0 Å². The SMILES string of the molecule is CCOc1cccc(C(=O)NNC(=O)c2ccc(NC(=O)c3ccccc3C)cc2)c1. The maximum absolute atomic E-state index is 12.4. The quantitative estimate of drug-likeness (QED) is 0.533. The lowest BCUT2D eigenvalue weighted by Gasteiger charge is -2.10. The molecule has 0 spiro atoms. The Bertz CT molecular complexity index is 1090. The zero-order valence-corrected chi connectivity index (χ0v) is 17.3. The predicted octanol–water partition coefficient (Wildman–Crippen LogP) is 3.72. The van der Waals surface area contributed by atoms with Gasteiger partial charge in [-0.05, 0) is 67.9 Å². The molecule has 3 amide bonds. The van der Waals surface area contributed by atoms with Gasteiger partial charge in [-0.25, -0.2) is 0 Å². The zero-order valence-electron chi connectivity index (χ0n) is 17.3. The number of anilines is 1. The number of hydrazine groups is 1.